The van der Waals surface area contributed by atoms with E-state index in [1.807, 2.05) is 25.1 Å². The molecule has 15 heavy (non-hydrogen) atoms. The van der Waals surface area contributed by atoms with Crippen molar-refractivity contribution in [2.24, 2.45) is 0 Å². The molecule has 1 aromatic heterocycles. The van der Waals surface area contributed by atoms with Crippen LogP contribution in [-0.4, -0.2) is 10.1 Å². The number of benzene rings is 1. The molecule has 0 aliphatic carbocycles. The molecule has 0 atom stereocenters. The van der Waals surface area contributed by atoms with Crippen LogP contribution < -0.4 is 0 Å². The Kier molecular flexibility index (Phi) is 3.08. The second kappa shape index (κ2) is 4.51. The number of aliphatic hydroxyl groups excluding tert-OH is 1. The number of aliphatic hydroxyl groups is 1. The fourth-order valence-corrected chi connectivity index (χ4v) is 2.06. The van der Waals surface area contributed by atoms with Gasteiger partial charge >= 0.3 is 0 Å². The second-order valence-electron chi connectivity index (χ2n) is 3.15. The van der Waals surface area contributed by atoms with E-state index in [0.29, 0.717) is 5.22 Å². The van der Waals surface area contributed by atoms with E-state index in [0.717, 1.165) is 16.0 Å². The molecule has 1 heterocycles. The van der Waals surface area contributed by atoms with Crippen LogP contribution in [0, 0.1) is 6.92 Å². The van der Waals surface area contributed by atoms with Gasteiger partial charge in [-0.15, -0.1) is 0 Å². The largest absolute Gasteiger partial charge is 0.440 e. The van der Waals surface area contributed by atoms with Crippen LogP contribution in [-0.2, 0) is 6.61 Å². The van der Waals surface area contributed by atoms with Crippen molar-refractivity contribution in [2.45, 2.75) is 23.6 Å². The van der Waals surface area contributed by atoms with Gasteiger partial charge in [0.2, 0.25) is 0 Å². The minimum Gasteiger partial charge on any atom is -0.440 e. The number of rotatable bonds is 3. The van der Waals surface area contributed by atoms with Crippen LogP contribution in [0.1, 0.15) is 11.1 Å². The van der Waals surface area contributed by atoms with Gasteiger partial charge in [0, 0.05) is 4.90 Å². The number of aromatic nitrogens is 1. The molecule has 0 radical (unpaired) electrons. The van der Waals surface area contributed by atoms with Crippen molar-refractivity contribution in [2.75, 3.05) is 0 Å². The van der Waals surface area contributed by atoms with E-state index in [2.05, 4.69) is 4.98 Å². The Morgan fingerprint density at radius 1 is 1.47 bits per heavy atom. The highest BCUT2D eigenvalue weighted by molar-refractivity contribution is 7.99. The first-order chi connectivity index (χ1) is 7.29. The first-order valence-corrected chi connectivity index (χ1v) is 5.39. The lowest BCUT2D eigenvalue weighted by atomic mass is 10.1. The minimum absolute atomic E-state index is 0.0791. The molecule has 0 spiro atoms. The van der Waals surface area contributed by atoms with Gasteiger partial charge in [-0.05, 0) is 41.9 Å². The van der Waals surface area contributed by atoms with Gasteiger partial charge in [-0.2, -0.15) is 0 Å². The summed E-state index contributed by atoms with van der Waals surface area (Å²) in [5, 5.41) is 9.66. The summed E-state index contributed by atoms with van der Waals surface area (Å²) in [7, 11) is 0. The van der Waals surface area contributed by atoms with Crippen molar-refractivity contribution in [3.63, 3.8) is 0 Å². The maximum atomic E-state index is 9.03. The zero-order valence-electron chi connectivity index (χ0n) is 8.30. The lowest BCUT2D eigenvalue weighted by Gasteiger charge is -2.04. The third-order valence-corrected chi connectivity index (χ3v) is 2.97. The number of nitrogens with zero attached hydrogens (tertiary/aromatic N) is 1. The Bertz CT molecular complexity index is 440. The fourth-order valence-electron chi connectivity index (χ4n) is 1.27. The Balaban J connectivity index is 2.20. The molecule has 78 valence electrons. The van der Waals surface area contributed by atoms with E-state index in [9.17, 15) is 0 Å². The second-order valence-corrected chi connectivity index (χ2v) is 4.17. The van der Waals surface area contributed by atoms with Crippen LogP contribution >= 0.6 is 11.8 Å². The van der Waals surface area contributed by atoms with Gasteiger partial charge in [0.1, 0.15) is 6.26 Å². The molecule has 1 N–H and O–H groups in total. The number of hydrogen-bond donors (Lipinski definition) is 1. The van der Waals surface area contributed by atoms with E-state index in [-0.39, 0.29) is 6.61 Å². The van der Waals surface area contributed by atoms with E-state index in [4.69, 9.17) is 9.52 Å². The summed E-state index contributed by atoms with van der Waals surface area (Å²) in [6.45, 7) is 2.06. The lowest BCUT2D eigenvalue weighted by molar-refractivity contribution is 0.281. The molecule has 0 saturated heterocycles. The van der Waals surface area contributed by atoms with Gasteiger partial charge in [0.25, 0.3) is 5.22 Å². The molecule has 0 bridgehead atoms. The van der Waals surface area contributed by atoms with Crippen molar-refractivity contribution >= 4 is 11.8 Å². The number of aryl methyl sites for hydroxylation is 1. The summed E-state index contributed by atoms with van der Waals surface area (Å²) < 4.78 is 5.14. The molecule has 3 nitrogen and oxygen atoms in total. The molecule has 2 rings (SSSR count). The van der Waals surface area contributed by atoms with Crippen LogP contribution in [0.15, 0.2) is 45.2 Å². The fraction of sp³-hybridized carbons (Fsp3) is 0.182. The minimum atomic E-state index is 0.0791. The van der Waals surface area contributed by atoms with Gasteiger partial charge in [0.15, 0.2) is 0 Å². The Labute approximate surface area is 92.1 Å². The Morgan fingerprint density at radius 3 is 2.93 bits per heavy atom. The standard InChI is InChI=1S/C11H11NO2S/c1-8-6-10(3-2-9(8)7-13)15-11-12-4-5-14-11/h2-6,13H,7H2,1H3. The van der Waals surface area contributed by atoms with Crippen LogP contribution in [0.5, 0.6) is 0 Å². The molecular formula is C11H11NO2S. The quantitative estimate of drug-likeness (QED) is 0.865. The monoisotopic (exact) mass is 221 g/mol. The van der Waals surface area contributed by atoms with Crippen molar-refractivity contribution in [3.8, 4) is 0 Å². The topological polar surface area (TPSA) is 46.3 Å². The zero-order valence-corrected chi connectivity index (χ0v) is 9.12. The molecule has 0 aliphatic heterocycles. The first-order valence-electron chi connectivity index (χ1n) is 4.57. The van der Waals surface area contributed by atoms with Gasteiger partial charge < -0.3 is 9.52 Å². The smallest absolute Gasteiger partial charge is 0.260 e. The third-order valence-electron chi connectivity index (χ3n) is 2.10. The number of hydrogen-bond acceptors (Lipinski definition) is 4. The van der Waals surface area contributed by atoms with Crippen LogP contribution in [0.4, 0.5) is 0 Å². The molecule has 2 aromatic rings. The predicted molar refractivity (Wildman–Crippen MR) is 57.7 cm³/mol. The van der Waals surface area contributed by atoms with E-state index in [1.165, 1.54) is 11.8 Å². The SMILES string of the molecule is Cc1cc(Sc2ncco2)ccc1CO. The van der Waals surface area contributed by atoms with E-state index >= 15 is 0 Å². The normalized spacial score (nSPS) is 10.5. The van der Waals surface area contributed by atoms with Gasteiger partial charge in [-0.3, -0.25) is 0 Å². The zero-order chi connectivity index (χ0) is 10.7. The highest BCUT2D eigenvalue weighted by Crippen LogP contribution is 2.27. The summed E-state index contributed by atoms with van der Waals surface area (Å²) in [5.41, 5.74) is 2.03. The van der Waals surface area contributed by atoms with Crippen LogP contribution in [0.3, 0.4) is 0 Å². The predicted octanol–water partition coefficient (Wildman–Crippen LogP) is 2.63. The Morgan fingerprint density at radius 2 is 2.33 bits per heavy atom. The average molecular weight is 221 g/mol. The molecule has 0 fully saturated rings. The van der Waals surface area contributed by atoms with Gasteiger partial charge in [-0.25, -0.2) is 4.98 Å². The van der Waals surface area contributed by atoms with E-state index in [1.54, 1.807) is 12.5 Å². The maximum Gasteiger partial charge on any atom is 0.260 e. The molecular weight excluding hydrogens is 210 g/mol. The summed E-state index contributed by atoms with van der Waals surface area (Å²) in [5.74, 6) is 0. The van der Waals surface area contributed by atoms with Crippen LogP contribution in [0.25, 0.3) is 0 Å². The summed E-state index contributed by atoms with van der Waals surface area (Å²) in [6.07, 6.45) is 3.18. The maximum absolute atomic E-state index is 9.03. The van der Waals surface area contributed by atoms with Crippen molar-refractivity contribution in [1.82, 2.24) is 4.98 Å². The lowest BCUT2D eigenvalue weighted by Crippen LogP contribution is -1.88. The molecule has 0 aliphatic rings. The number of oxazole rings is 1. The Hall–Kier alpha value is -1.26. The molecule has 4 heteroatoms. The first kappa shape index (κ1) is 10.3. The molecule has 0 amide bonds. The summed E-state index contributed by atoms with van der Waals surface area (Å²) >= 11 is 1.47. The van der Waals surface area contributed by atoms with Gasteiger partial charge in [-0.1, -0.05) is 6.07 Å². The van der Waals surface area contributed by atoms with Gasteiger partial charge in [0.05, 0.1) is 12.8 Å². The highest BCUT2D eigenvalue weighted by Gasteiger charge is 2.03. The molecule has 0 saturated carbocycles. The van der Waals surface area contributed by atoms with Crippen LogP contribution in [0.2, 0.25) is 0 Å². The summed E-state index contributed by atoms with van der Waals surface area (Å²) in [4.78, 5) is 5.09. The van der Waals surface area contributed by atoms with E-state index < -0.39 is 0 Å². The van der Waals surface area contributed by atoms with Crippen molar-refractivity contribution < 1.29 is 9.52 Å². The average Bonchev–Trinajstić information content (AvgIpc) is 2.71. The molecule has 1 aromatic carbocycles. The third kappa shape index (κ3) is 2.40. The molecule has 0 unspecified atom stereocenters. The highest BCUT2D eigenvalue weighted by atomic mass is 32.2. The van der Waals surface area contributed by atoms with Crippen molar-refractivity contribution in [3.05, 3.63) is 41.8 Å². The summed E-state index contributed by atoms with van der Waals surface area (Å²) in [6, 6.07) is 5.88. The van der Waals surface area contributed by atoms with Crippen molar-refractivity contribution in [1.29, 1.82) is 0 Å².